The van der Waals surface area contributed by atoms with Gasteiger partial charge in [-0.25, -0.2) is 0 Å². The molecule has 1 aliphatic carbocycles. The monoisotopic (exact) mass is 298 g/mol. The Morgan fingerprint density at radius 2 is 2.25 bits per heavy atom. The molecule has 2 unspecified atom stereocenters. The minimum absolute atomic E-state index is 0.0208. The Bertz CT molecular complexity index is 535. The van der Waals surface area contributed by atoms with Crippen molar-refractivity contribution >= 4 is 23.2 Å². The third kappa shape index (κ3) is 3.08. The van der Waals surface area contributed by atoms with E-state index >= 15 is 0 Å². The van der Waals surface area contributed by atoms with Gasteiger partial charge in [0.05, 0.1) is 17.1 Å². The van der Waals surface area contributed by atoms with Crippen LogP contribution in [0.2, 0.25) is 5.02 Å². The first kappa shape index (κ1) is 14.7. The molecule has 2 rings (SSSR count). The van der Waals surface area contributed by atoms with Gasteiger partial charge in [-0.15, -0.1) is 0 Å². The van der Waals surface area contributed by atoms with E-state index in [9.17, 15) is 14.9 Å². The van der Waals surface area contributed by atoms with Crippen LogP contribution in [-0.4, -0.2) is 30.1 Å². The summed E-state index contributed by atoms with van der Waals surface area (Å²) in [7, 11) is 1.62. The van der Waals surface area contributed by atoms with Gasteiger partial charge >= 0.3 is 0 Å². The summed E-state index contributed by atoms with van der Waals surface area (Å²) in [4.78, 5) is 22.2. The van der Waals surface area contributed by atoms with E-state index in [1.807, 2.05) is 0 Å². The predicted octanol–water partition coefficient (Wildman–Crippen LogP) is 2.55. The van der Waals surface area contributed by atoms with Crippen molar-refractivity contribution in [2.45, 2.75) is 31.4 Å². The van der Waals surface area contributed by atoms with Crippen molar-refractivity contribution in [1.29, 1.82) is 0 Å². The van der Waals surface area contributed by atoms with Gasteiger partial charge in [-0.3, -0.25) is 14.9 Å². The quantitative estimate of drug-likeness (QED) is 0.684. The van der Waals surface area contributed by atoms with Gasteiger partial charge in [-0.1, -0.05) is 11.6 Å². The van der Waals surface area contributed by atoms with E-state index in [1.54, 1.807) is 7.11 Å². The highest BCUT2D eigenvalue weighted by atomic mass is 35.5. The van der Waals surface area contributed by atoms with E-state index in [2.05, 4.69) is 5.32 Å². The highest BCUT2D eigenvalue weighted by Crippen LogP contribution is 2.26. The molecule has 0 radical (unpaired) electrons. The Balaban J connectivity index is 2.10. The first-order valence-corrected chi connectivity index (χ1v) is 6.68. The fourth-order valence-electron chi connectivity index (χ4n) is 2.42. The second-order valence-corrected chi connectivity index (χ2v) is 5.12. The maximum absolute atomic E-state index is 12.1. The van der Waals surface area contributed by atoms with E-state index in [0.717, 1.165) is 19.3 Å². The van der Waals surface area contributed by atoms with E-state index in [0.29, 0.717) is 5.56 Å². The van der Waals surface area contributed by atoms with Gasteiger partial charge in [0.2, 0.25) is 0 Å². The molecule has 1 fully saturated rings. The van der Waals surface area contributed by atoms with Crippen molar-refractivity contribution in [2.75, 3.05) is 7.11 Å². The van der Waals surface area contributed by atoms with Crippen LogP contribution in [0, 0.1) is 10.1 Å². The van der Waals surface area contributed by atoms with Crippen molar-refractivity contribution in [3.63, 3.8) is 0 Å². The van der Waals surface area contributed by atoms with Gasteiger partial charge in [-0.05, 0) is 31.4 Å². The SMILES string of the molecule is COC1CCCC1NC(=O)c1ccc([N+](=O)[O-])c(Cl)c1. The summed E-state index contributed by atoms with van der Waals surface area (Å²) in [6.07, 6.45) is 2.81. The molecule has 1 N–H and O–H groups in total. The van der Waals surface area contributed by atoms with Gasteiger partial charge in [0.25, 0.3) is 11.6 Å². The molecule has 1 aromatic carbocycles. The molecule has 20 heavy (non-hydrogen) atoms. The Labute approximate surface area is 121 Å². The van der Waals surface area contributed by atoms with Gasteiger partial charge in [0.15, 0.2) is 0 Å². The summed E-state index contributed by atoms with van der Waals surface area (Å²) in [5, 5.41) is 13.5. The Kier molecular flexibility index (Phi) is 4.57. The molecule has 6 nitrogen and oxygen atoms in total. The number of methoxy groups -OCH3 is 1. The number of amides is 1. The predicted molar refractivity (Wildman–Crippen MR) is 74.0 cm³/mol. The Morgan fingerprint density at radius 1 is 1.50 bits per heavy atom. The summed E-state index contributed by atoms with van der Waals surface area (Å²) < 4.78 is 5.30. The lowest BCUT2D eigenvalue weighted by Crippen LogP contribution is -2.40. The van der Waals surface area contributed by atoms with E-state index in [-0.39, 0.29) is 28.8 Å². The summed E-state index contributed by atoms with van der Waals surface area (Å²) >= 11 is 5.79. The van der Waals surface area contributed by atoms with Crippen LogP contribution in [0.1, 0.15) is 29.6 Å². The second-order valence-electron chi connectivity index (χ2n) is 4.71. The van der Waals surface area contributed by atoms with Gasteiger partial charge in [-0.2, -0.15) is 0 Å². The largest absolute Gasteiger partial charge is 0.379 e. The molecule has 7 heteroatoms. The average molecular weight is 299 g/mol. The van der Waals surface area contributed by atoms with Crippen molar-refractivity contribution < 1.29 is 14.5 Å². The van der Waals surface area contributed by atoms with Crippen molar-refractivity contribution in [1.82, 2.24) is 5.32 Å². The molecule has 0 heterocycles. The maximum Gasteiger partial charge on any atom is 0.287 e. The second kappa shape index (κ2) is 6.19. The molecule has 0 aliphatic heterocycles. The smallest absolute Gasteiger partial charge is 0.287 e. The average Bonchev–Trinajstić information content (AvgIpc) is 2.85. The minimum Gasteiger partial charge on any atom is -0.379 e. The number of carbonyl (C=O) groups is 1. The zero-order valence-corrected chi connectivity index (χ0v) is 11.7. The van der Waals surface area contributed by atoms with Crippen LogP contribution in [0.15, 0.2) is 18.2 Å². The molecule has 0 bridgehead atoms. The third-order valence-electron chi connectivity index (χ3n) is 3.48. The summed E-state index contributed by atoms with van der Waals surface area (Å²) in [6.45, 7) is 0. The Morgan fingerprint density at radius 3 is 2.85 bits per heavy atom. The highest BCUT2D eigenvalue weighted by Gasteiger charge is 2.28. The number of halogens is 1. The number of nitrogens with zero attached hydrogens (tertiary/aromatic N) is 1. The van der Waals surface area contributed by atoms with E-state index in [1.165, 1.54) is 18.2 Å². The van der Waals surface area contributed by atoms with Crippen molar-refractivity contribution in [3.05, 3.63) is 38.9 Å². The fourth-order valence-corrected chi connectivity index (χ4v) is 2.67. The van der Waals surface area contributed by atoms with Crippen LogP contribution in [-0.2, 0) is 4.74 Å². The number of hydrogen-bond donors (Lipinski definition) is 1. The molecular weight excluding hydrogens is 284 g/mol. The van der Waals surface area contributed by atoms with E-state index in [4.69, 9.17) is 16.3 Å². The number of nitro benzene ring substituents is 1. The number of hydrogen-bond acceptors (Lipinski definition) is 4. The lowest BCUT2D eigenvalue weighted by Gasteiger charge is -2.19. The van der Waals surface area contributed by atoms with Crippen molar-refractivity contribution in [2.24, 2.45) is 0 Å². The number of rotatable bonds is 4. The molecule has 108 valence electrons. The zero-order chi connectivity index (χ0) is 14.7. The topological polar surface area (TPSA) is 81.5 Å². The number of nitrogens with one attached hydrogen (secondary N) is 1. The van der Waals surface area contributed by atoms with Crippen LogP contribution < -0.4 is 5.32 Å². The first-order chi connectivity index (χ1) is 9.52. The van der Waals surface area contributed by atoms with Crippen LogP contribution in [0.5, 0.6) is 0 Å². The number of ether oxygens (including phenoxy) is 1. The molecule has 1 aliphatic rings. The summed E-state index contributed by atoms with van der Waals surface area (Å²) in [5.74, 6) is -0.296. The normalized spacial score (nSPS) is 21.7. The van der Waals surface area contributed by atoms with Gasteiger partial charge in [0, 0.05) is 18.7 Å². The standard InChI is InChI=1S/C13H15ClN2O4/c1-20-12-4-2-3-10(12)15-13(17)8-5-6-11(16(18)19)9(14)7-8/h5-7,10,12H,2-4H2,1H3,(H,15,17). The lowest BCUT2D eigenvalue weighted by atomic mass is 10.1. The molecule has 0 spiro atoms. The van der Waals surface area contributed by atoms with E-state index < -0.39 is 4.92 Å². The molecule has 0 aromatic heterocycles. The fraction of sp³-hybridized carbons (Fsp3) is 0.462. The van der Waals surface area contributed by atoms with Gasteiger partial charge < -0.3 is 10.1 Å². The molecule has 1 amide bonds. The lowest BCUT2D eigenvalue weighted by molar-refractivity contribution is -0.384. The minimum atomic E-state index is -0.581. The molecule has 1 aromatic rings. The number of benzene rings is 1. The summed E-state index contributed by atoms with van der Waals surface area (Å²) in [6, 6.07) is 3.92. The summed E-state index contributed by atoms with van der Waals surface area (Å²) in [5.41, 5.74) is 0.0983. The maximum atomic E-state index is 12.1. The number of nitro groups is 1. The van der Waals surface area contributed by atoms with Crippen LogP contribution >= 0.6 is 11.6 Å². The molecule has 0 saturated heterocycles. The van der Waals surface area contributed by atoms with Crippen molar-refractivity contribution in [3.8, 4) is 0 Å². The molecule has 1 saturated carbocycles. The van der Waals surface area contributed by atoms with Crippen LogP contribution in [0.4, 0.5) is 5.69 Å². The van der Waals surface area contributed by atoms with Crippen LogP contribution in [0.25, 0.3) is 0 Å². The highest BCUT2D eigenvalue weighted by molar-refractivity contribution is 6.33. The molecular formula is C13H15ClN2O4. The van der Waals surface area contributed by atoms with Gasteiger partial charge in [0.1, 0.15) is 5.02 Å². The molecule has 2 atom stereocenters. The Hall–Kier alpha value is -1.66. The first-order valence-electron chi connectivity index (χ1n) is 6.30. The third-order valence-corrected chi connectivity index (χ3v) is 3.78. The zero-order valence-electron chi connectivity index (χ0n) is 11.0. The number of carbonyl (C=O) groups excluding carboxylic acids is 1. The van der Waals surface area contributed by atoms with Crippen LogP contribution in [0.3, 0.4) is 0 Å².